The van der Waals surface area contributed by atoms with Crippen molar-refractivity contribution in [2.75, 3.05) is 26.2 Å². The first-order valence-corrected chi connectivity index (χ1v) is 7.01. The Bertz CT molecular complexity index is 677. The maximum atomic E-state index is 4.47. The minimum Gasteiger partial charge on any atom is -0.368 e. The highest BCUT2D eigenvalue weighted by Crippen LogP contribution is 2.19. The molecule has 4 rings (SSSR count). The Hall–Kier alpha value is -1.78. The van der Waals surface area contributed by atoms with E-state index in [1.165, 1.54) is 21.9 Å². The molecule has 0 radical (unpaired) electrons. The van der Waals surface area contributed by atoms with Crippen LogP contribution in [0.25, 0.3) is 10.8 Å². The molecule has 4 nitrogen and oxygen atoms in total. The van der Waals surface area contributed by atoms with Crippen LogP contribution in [0.2, 0.25) is 0 Å². The molecule has 0 aromatic heterocycles. The van der Waals surface area contributed by atoms with Gasteiger partial charge in [0.2, 0.25) is 0 Å². The van der Waals surface area contributed by atoms with E-state index in [9.17, 15) is 0 Å². The second kappa shape index (κ2) is 6.99. The van der Waals surface area contributed by atoms with Gasteiger partial charge in [0.15, 0.2) is 0 Å². The van der Waals surface area contributed by atoms with Crippen LogP contribution < -0.4 is 10.6 Å². The molecule has 22 heavy (non-hydrogen) atoms. The molecule has 0 bridgehead atoms. The van der Waals surface area contributed by atoms with Crippen LogP contribution in [-0.4, -0.2) is 37.9 Å². The van der Waals surface area contributed by atoms with Gasteiger partial charge >= 0.3 is 0 Å². The molecule has 116 valence electrons. The van der Waals surface area contributed by atoms with Crippen LogP contribution in [0, 0.1) is 0 Å². The molecular formula is C16H18Cl2N4. The Morgan fingerprint density at radius 1 is 0.682 bits per heavy atom. The second-order valence-electron chi connectivity index (χ2n) is 5.09. The zero-order chi connectivity index (χ0) is 13.4. The van der Waals surface area contributed by atoms with Crippen LogP contribution in [0.15, 0.2) is 46.4 Å². The van der Waals surface area contributed by atoms with E-state index in [0.717, 1.165) is 37.9 Å². The predicted octanol–water partition coefficient (Wildman–Crippen LogP) is 2.38. The highest BCUT2D eigenvalue weighted by atomic mass is 35.5. The van der Waals surface area contributed by atoms with Crippen LogP contribution in [0.1, 0.15) is 11.1 Å². The summed E-state index contributed by atoms with van der Waals surface area (Å²) in [5, 5.41) is 9.10. The lowest BCUT2D eigenvalue weighted by molar-refractivity contribution is 0.960. The first kappa shape index (κ1) is 16.6. The first-order valence-electron chi connectivity index (χ1n) is 7.01. The average Bonchev–Trinajstić information content (AvgIpc) is 3.19. The molecule has 2 aliphatic rings. The van der Waals surface area contributed by atoms with E-state index in [0.29, 0.717) is 0 Å². The fraction of sp³-hybridized carbons (Fsp3) is 0.250. The molecule has 6 heteroatoms. The van der Waals surface area contributed by atoms with Crippen molar-refractivity contribution in [1.82, 2.24) is 10.6 Å². The summed E-state index contributed by atoms with van der Waals surface area (Å²) in [4.78, 5) is 8.94. The van der Waals surface area contributed by atoms with Crippen LogP contribution in [0.3, 0.4) is 0 Å². The predicted molar refractivity (Wildman–Crippen MR) is 97.3 cm³/mol. The van der Waals surface area contributed by atoms with Gasteiger partial charge in [-0.05, 0) is 22.9 Å². The van der Waals surface area contributed by atoms with E-state index >= 15 is 0 Å². The molecule has 0 unspecified atom stereocenters. The summed E-state index contributed by atoms with van der Waals surface area (Å²) in [6.45, 7) is 3.63. The molecule has 0 fully saturated rings. The van der Waals surface area contributed by atoms with Crippen LogP contribution in [0.5, 0.6) is 0 Å². The van der Waals surface area contributed by atoms with E-state index in [4.69, 9.17) is 0 Å². The highest BCUT2D eigenvalue weighted by molar-refractivity contribution is 6.05. The van der Waals surface area contributed by atoms with Gasteiger partial charge in [-0.15, -0.1) is 24.8 Å². The summed E-state index contributed by atoms with van der Waals surface area (Å²) < 4.78 is 0. The van der Waals surface area contributed by atoms with Gasteiger partial charge in [0.25, 0.3) is 0 Å². The fourth-order valence-electron chi connectivity index (χ4n) is 2.72. The summed E-state index contributed by atoms with van der Waals surface area (Å²) in [6.07, 6.45) is 0. The quantitative estimate of drug-likeness (QED) is 0.884. The number of halogens is 2. The zero-order valence-electron chi connectivity index (χ0n) is 12.0. The SMILES string of the molecule is Cl.Cl.c1cc2cc(C3=NCCN3)ccc2cc1C1=NCCN1. The van der Waals surface area contributed by atoms with Crippen molar-refractivity contribution in [2.24, 2.45) is 9.98 Å². The third kappa shape index (κ3) is 3.03. The van der Waals surface area contributed by atoms with Crippen molar-refractivity contribution in [3.05, 3.63) is 47.5 Å². The lowest BCUT2D eigenvalue weighted by Gasteiger charge is -2.07. The number of amidine groups is 2. The van der Waals surface area contributed by atoms with Gasteiger partial charge in [-0.1, -0.05) is 24.3 Å². The van der Waals surface area contributed by atoms with Crippen molar-refractivity contribution in [3.63, 3.8) is 0 Å². The average molecular weight is 337 g/mol. The third-order valence-electron chi connectivity index (χ3n) is 3.74. The maximum Gasteiger partial charge on any atom is 0.128 e. The van der Waals surface area contributed by atoms with E-state index in [1.54, 1.807) is 0 Å². The van der Waals surface area contributed by atoms with Gasteiger partial charge in [0.1, 0.15) is 11.7 Å². The Labute approximate surface area is 141 Å². The highest BCUT2D eigenvalue weighted by Gasteiger charge is 2.10. The summed E-state index contributed by atoms with van der Waals surface area (Å²) in [7, 11) is 0. The van der Waals surface area contributed by atoms with E-state index < -0.39 is 0 Å². The number of hydrogen-bond donors (Lipinski definition) is 2. The van der Waals surface area contributed by atoms with Crippen LogP contribution in [0.4, 0.5) is 0 Å². The number of aliphatic imine (C=N–C) groups is 2. The van der Waals surface area contributed by atoms with Gasteiger partial charge in [0, 0.05) is 24.2 Å². The Morgan fingerprint density at radius 3 is 1.50 bits per heavy atom. The Kier molecular flexibility index (Phi) is 5.27. The topological polar surface area (TPSA) is 48.8 Å². The van der Waals surface area contributed by atoms with Gasteiger partial charge in [0.05, 0.1) is 13.1 Å². The van der Waals surface area contributed by atoms with Gasteiger partial charge in [-0.2, -0.15) is 0 Å². The van der Waals surface area contributed by atoms with E-state index in [2.05, 4.69) is 57.0 Å². The zero-order valence-corrected chi connectivity index (χ0v) is 13.6. The standard InChI is InChI=1S/C16H16N4.2ClH/c1-3-13(15-17-5-6-18-15)10-12-2-4-14(9-11(1)12)16-19-7-8-20-16;;/h1-4,9-10H,5-8H2,(H,17,18)(H,19,20);2*1H. The molecule has 0 amide bonds. The van der Waals surface area contributed by atoms with E-state index in [-0.39, 0.29) is 24.8 Å². The Balaban J connectivity index is 0.000000882. The smallest absolute Gasteiger partial charge is 0.128 e. The van der Waals surface area contributed by atoms with Crippen molar-refractivity contribution >= 4 is 47.3 Å². The minimum absolute atomic E-state index is 0. The molecule has 0 atom stereocenters. The number of rotatable bonds is 2. The number of fused-ring (bicyclic) bond motifs is 1. The molecule has 2 heterocycles. The van der Waals surface area contributed by atoms with Crippen LogP contribution >= 0.6 is 24.8 Å². The molecule has 2 aliphatic heterocycles. The van der Waals surface area contributed by atoms with Crippen molar-refractivity contribution in [1.29, 1.82) is 0 Å². The summed E-state index contributed by atoms with van der Waals surface area (Å²) >= 11 is 0. The van der Waals surface area contributed by atoms with Crippen molar-refractivity contribution < 1.29 is 0 Å². The molecule has 0 aliphatic carbocycles. The van der Waals surface area contributed by atoms with E-state index in [1.807, 2.05) is 0 Å². The minimum atomic E-state index is 0. The number of hydrogen-bond acceptors (Lipinski definition) is 4. The van der Waals surface area contributed by atoms with Gasteiger partial charge in [-0.3, -0.25) is 9.98 Å². The van der Waals surface area contributed by atoms with Gasteiger partial charge < -0.3 is 10.6 Å². The molecule has 0 spiro atoms. The van der Waals surface area contributed by atoms with Crippen molar-refractivity contribution in [3.8, 4) is 0 Å². The fourth-order valence-corrected chi connectivity index (χ4v) is 2.72. The monoisotopic (exact) mass is 336 g/mol. The lowest BCUT2D eigenvalue weighted by atomic mass is 10.0. The van der Waals surface area contributed by atoms with Gasteiger partial charge in [-0.25, -0.2) is 0 Å². The lowest BCUT2D eigenvalue weighted by Crippen LogP contribution is -2.19. The summed E-state index contributed by atoms with van der Waals surface area (Å²) in [5.74, 6) is 2.02. The normalized spacial score (nSPS) is 16.0. The molecule has 2 N–H and O–H groups in total. The van der Waals surface area contributed by atoms with Crippen LogP contribution in [-0.2, 0) is 0 Å². The maximum absolute atomic E-state index is 4.47. The molecule has 0 saturated carbocycles. The molecular weight excluding hydrogens is 319 g/mol. The Morgan fingerprint density at radius 2 is 1.14 bits per heavy atom. The van der Waals surface area contributed by atoms with Crippen molar-refractivity contribution in [2.45, 2.75) is 0 Å². The molecule has 2 aromatic rings. The molecule has 2 aromatic carbocycles. The molecule has 0 saturated heterocycles. The number of nitrogens with one attached hydrogen (secondary N) is 2. The third-order valence-corrected chi connectivity index (χ3v) is 3.74. The number of benzene rings is 2. The number of nitrogens with zero attached hydrogens (tertiary/aromatic N) is 2. The summed E-state index contributed by atoms with van der Waals surface area (Å²) in [6, 6.07) is 13.0. The largest absolute Gasteiger partial charge is 0.368 e. The second-order valence-corrected chi connectivity index (χ2v) is 5.09. The summed E-state index contributed by atoms with van der Waals surface area (Å²) in [5.41, 5.74) is 2.33. The first-order chi connectivity index (χ1) is 9.90.